The van der Waals surface area contributed by atoms with E-state index in [1.807, 2.05) is 0 Å². The highest BCUT2D eigenvalue weighted by molar-refractivity contribution is 6.33. The first-order valence-corrected chi connectivity index (χ1v) is 5.50. The van der Waals surface area contributed by atoms with Crippen molar-refractivity contribution in [3.8, 4) is 17.1 Å². The summed E-state index contributed by atoms with van der Waals surface area (Å²) in [6, 6.07) is 4.31. The van der Waals surface area contributed by atoms with Crippen molar-refractivity contribution < 1.29 is 9.50 Å². The maximum atomic E-state index is 13.1. The smallest absolute Gasteiger partial charge is 0.197 e. The van der Waals surface area contributed by atoms with Crippen LogP contribution in [0.3, 0.4) is 0 Å². The molecule has 17 heavy (non-hydrogen) atoms. The Hall–Kier alpha value is -1.10. The minimum Gasteiger partial charge on any atom is -0.506 e. The largest absolute Gasteiger partial charge is 0.506 e. The number of benzene rings is 1. The molecule has 0 atom stereocenters. The van der Waals surface area contributed by atoms with E-state index >= 15 is 0 Å². The molecule has 0 fully saturated rings. The second kappa shape index (κ2) is 4.64. The van der Waals surface area contributed by atoms with Gasteiger partial charge in [0.25, 0.3) is 0 Å². The van der Waals surface area contributed by atoms with Crippen LogP contribution in [0.15, 0.2) is 18.2 Å². The molecule has 1 aromatic heterocycles. The van der Waals surface area contributed by atoms with Crippen LogP contribution in [0, 0.1) is 5.82 Å². The molecule has 1 N–H and O–H groups in total. The second-order valence-electron chi connectivity index (χ2n) is 3.11. The monoisotopic (exact) mass is 292 g/mol. The van der Waals surface area contributed by atoms with Crippen molar-refractivity contribution in [1.29, 1.82) is 0 Å². The maximum Gasteiger partial charge on any atom is 0.197 e. The summed E-state index contributed by atoms with van der Waals surface area (Å²) < 4.78 is 13.1. The van der Waals surface area contributed by atoms with Crippen molar-refractivity contribution in [3.05, 3.63) is 39.3 Å². The number of rotatable bonds is 1. The van der Waals surface area contributed by atoms with Crippen LogP contribution in [-0.4, -0.2) is 15.1 Å². The van der Waals surface area contributed by atoms with Gasteiger partial charge in [-0.15, -0.1) is 0 Å². The van der Waals surface area contributed by atoms with E-state index in [0.717, 1.165) is 0 Å². The normalized spacial score (nSPS) is 10.6. The minimum atomic E-state index is -0.873. The number of phenols is 1. The van der Waals surface area contributed by atoms with Gasteiger partial charge in [0.05, 0.1) is 5.02 Å². The molecule has 88 valence electrons. The molecule has 7 heteroatoms. The van der Waals surface area contributed by atoms with Gasteiger partial charge in [-0.1, -0.05) is 34.8 Å². The van der Waals surface area contributed by atoms with E-state index in [9.17, 15) is 9.50 Å². The van der Waals surface area contributed by atoms with E-state index in [1.54, 1.807) is 0 Å². The Labute approximate surface area is 111 Å². The number of nitrogens with zero attached hydrogens (tertiary/aromatic N) is 2. The Morgan fingerprint density at radius 2 is 1.65 bits per heavy atom. The summed E-state index contributed by atoms with van der Waals surface area (Å²) in [5.41, 5.74) is 0.469. The zero-order valence-corrected chi connectivity index (χ0v) is 10.4. The molecule has 0 saturated carbocycles. The van der Waals surface area contributed by atoms with Crippen LogP contribution in [0.1, 0.15) is 0 Å². The van der Waals surface area contributed by atoms with Crippen molar-refractivity contribution in [2.24, 2.45) is 0 Å². The Bertz CT molecular complexity index is 569. The summed E-state index contributed by atoms with van der Waals surface area (Å²) in [6.07, 6.45) is 0. The number of hydrogen-bond acceptors (Lipinski definition) is 3. The van der Waals surface area contributed by atoms with E-state index in [-0.39, 0.29) is 26.9 Å². The Balaban J connectivity index is 2.57. The number of halogens is 4. The van der Waals surface area contributed by atoms with Gasteiger partial charge in [0.15, 0.2) is 21.9 Å². The average Bonchev–Trinajstić information content (AvgIpc) is 2.29. The summed E-state index contributed by atoms with van der Waals surface area (Å²) in [6.45, 7) is 0. The van der Waals surface area contributed by atoms with Gasteiger partial charge in [-0.25, -0.2) is 14.4 Å². The SMILES string of the molecule is Oc1ccc(-c2nc(Cl)c(F)c(Cl)n2)cc1Cl. The molecule has 0 amide bonds. The molecule has 0 bridgehead atoms. The first-order chi connectivity index (χ1) is 7.99. The van der Waals surface area contributed by atoms with Crippen LogP contribution < -0.4 is 0 Å². The molecule has 1 heterocycles. The fourth-order valence-electron chi connectivity index (χ4n) is 1.17. The average molecular weight is 294 g/mol. The van der Waals surface area contributed by atoms with Crippen molar-refractivity contribution in [3.63, 3.8) is 0 Å². The molecule has 0 spiro atoms. The lowest BCUT2D eigenvalue weighted by Crippen LogP contribution is -1.94. The van der Waals surface area contributed by atoms with Crippen LogP contribution in [0.25, 0.3) is 11.4 Å². The molecule has 0 saturated heterocycles. The Morgan fingerprint density at radius 3 is 2.18 bits per heavy atom. The van der Waals surface area contributed by atoms with Gasteiger partial charge in [0.2, 0.25) is 0 Å². The van der Waals surface area contributed by atoms with E-state index in [1.165, 1.54) is 18.2 Å². The van der Waals surface area contributed by atoms with Crippen LogP contribution >= 0.6 is 34.8 Å². The summed E-state index contributed by atoms with van der Waals surface area (Å²) in [5, 5.41) is 8.64. The number of hydrogen-bond donors (Lipinski definition) is 1. The lowest BCUT2D eigenvalue weighted by atomic mass is 10.2. The zero-order valence-electron chi connectivity index (χ0n) is 8.09. The first kappa shape index (κ1) is 12.4. The van der Waals surface area contributed by atoms with E-state index in [2.05, 4.69) is 9.97 Å². The quantitative estimate of drug-likeness (QED) is 0.810. The molecule has 0 radical (unpaired) electrons. The topological polar surface area (TPSA) is 46.0 Å². The van der Waals surface area contributed by atoms with Crippen LogP contribution in [0.2, 0.25) is 15.3 Å². The molecular weight excluding hydrogens is 289 g/mol. The number of phenolic OH excluding ortho intramolecular Hbond substituents is 1. The minimum absolute atomic E-state index is 0.0743. The number of aromatic hydroxyl groups is 1. The Kier molecular flexibility index (Phi) is 3.38. The summed E-state index contributed by atoms with van der Waals surface area (Å²) in [5.74, 6) is -0.819. The van der Waals surface area contributed by atoms with Gasteiger partial charge in [0.1, 0.15) is 5.75 Å². The van der Waals surface area contributed by atoms with Gasteiger partial charge in [-0.2, -0.15) is 0 Å². The summed E-state index contributed by atoms with van der Waals surface area (Å²) in [4.78, 5) is 7.46. The van der Waals surface area contributed by atoms with E-state index in [4.69, 9.17) is 34.8 Å². The van der Waals surface area contributed by atoms with Gasteiger partial charge in [0, 0.05) is 5.56 Å². The van der Waals surface area contributed by atoms with Crippen molar-refractivity contribution >= 4 is 34.8 Å². The Morgan fingerprint density at radius 1 is 1.06 bits per heavy atom. The summed E-state index contributed by atoms with van der Waals surface area (Å²) in [7, 11) is 0. The van der Waals surface area contributed by atoms with E-state index in [0.29, 0.717) is 5.56 Å². The maximum absolute atomic E-state index is 13.1. The molecule has 1 aromatic carbocycles. The molecule has 0 aliphatic rings. The highest BCUT2D eigenvalue weighted by Crippen LogP contribution is 2.29. The summed E-state index contributed by atoms with van der Waals surface area (Å²) >= 11 is 16.8. The van der Waals surface area contributed by atoms with Gasteiger partial charge in [-0.05, 0) is 18.2 Å². The molecule has 0 unspecified atom stereocenters. The first-order valence-electron chi connectivity index (χ1n) is 4.36. The number of aromatic nitrogens is 2. The van der Waals surface area contributed by atoms with Crippen molar-refractivity contribution in [1.82, 2.24) is 9.97 Å². The molecule has 2 rings (SSSR count). The van der Waals surface area contributed by atoms with Crippen LogP contribution in [0.4, 0.5) is 4.39 Å². The molecule has 3 nitrogen and oxygen atoms in total. The third-order valence-electron chi connectivity index (χ3n) is 1.98. The molecule has 0 aliphatic carbocycles. The lowest BCUT2D eigenvalue weighted by molar-refractivity contribution is 0.475. The fourth-order valence-corrected chi connectivity index (χ4v) is 1.74. The highest BCUT2D eigenvalue weighted by Gasteiger charge is 2.13. The predicted molar refractivity (Wildman–Crippen MR) is 64.1 cm³/mol. The standard InChI is InChI=1S/C10H4Cl3FN2O/c11-5-3-4(1-2-6(5)17)10-15-8(12)7(14)9(13)16-10/h1-3,17H. The van der Waals surface area contributed by atoms with Crippen molar-refractivity contribution in [2.75, 3.05) is 0 Å². The molecule has 0 aliphatic heterocycles. The van der Waals surface area contributed by atoms with Gasteiger partial charge < -0.3 is 5.11 Å². The highest BCUT2D eigenvalue weighted by atomic mass is 35.5. The zero-order chi connectivity index (χ0) is 12.6. The second-order valence-corrected chi connectivity index (χ2v) is 4.23. The molecule has 2 aromatic rings. The molecular formula is C10H4Cl3FN2O. The van der Waals surface area contributed by atoms with Gasteiger partial charge in [-0.3, -0.25) is 0 Å². The van der Waals surface area contributed by atoms with E-state index < -0.39 is 5.82 Å². The third-order valence-corrected chi connectivity index (χ3v) is 2.78. The lowest BCUT2D eigenvalue weighted by Gasteiger charge is -2.04. The fraction of sp³-hybridized carbons (Fsp3) is 0. The van der Waals surface area contributed by atoms with Crippen LogP contribution in [0.5, 0.6) is 5.75 Å². The predicted octanol–water partition coefficient (Wildman–Crippen LogP) is 3.95. The third kappa shape index (κ3) is 2.44. The van der Waals surface area contributed by atoms with Gasteiger partial charge >= 0.3 is 0 Å². The van der Waals surface area contributed by atoms with Crippen LogP contribution in [-0.2, 0) is 0 Å². The van der Waals surface area contributed by atoms with Crippen molar-refractivity contribution in [2.45, 2.75) is 0 Å².